The molecule has 0 amide bonds. The molecule has 3 rings (SSSR count). The highest BCUT2D eigenvalue weighted by Crippen LogP contribution is 2.32. The van der Waals surface area contributed by atoms with E-state index >= 15 is 0 Å². The van der Waals surface area contributed by atoms with E-state index < -0.39 is 112 Å². The van der Waals surface area contributed by atoms with Gasteiger partial charge in [0, 0.05) is 7.11 Å². The summed E-state index contributed by atoms with van der Waals surface area (Å²) in [6, 6.07) is 0. The molecule has 35 heavy (non-hydrogen) atoms. The van der Waals surface area contributed by atoms with E-state index in [1.807, 2.05) is 0 Å². The number of aliphatic hydroxyl groups is 10. The fraction of sp³-hybridized carbons (Fsp3) is 1.00. The zero-order chi connectivity index (χ0) is 26.0. The molecule has 0 aromatic rings. The average Bonchev–Trinajstić information content (AvgIpc) is 2.85. The fourth-order valence-corrected chi connectivity index (χ4v) is 4.33. The molecule has 0 radical (unpaired) electrons. The summed E-state index contributed by atoms with van der Waals surface area (Å²) in [5, 5.41) is 100. The molecule has 206 valence electrons. The van der Waals surface area contributed by atoms with E-state index in [1.165, 1.54) is 7.11 Å². The van der Waals surface area contributed by atoms with Crippen LogP contribution in [0.1, 0.15) is 0 Å². The van der Waals surface area contributed by atoms with Crippen molar-refractivity contribution >= 4 is 0 Å². The minimum Gasteiger partial charge on any atom is -0.394 e. The van der Waals surface area contributed by atoms with E-state index in [0.29, 0.717) is 0 Å². The molecule has 15 atom stereocenters. The summed E-state index contributed by atoms with van der Waals surface area (Å²) in [7, 11) is 1.24. The number of rotatable bonds is 8. The van der Waals surface area contributed by atoms with Gasteiger partial charge in [-0.25, -0.2) is 0 Å². The number of methoxy groups -OCH3 is 1. The number of aliphatic hydroxyl groups excluding tert-OH is 10. The van der Waals surface area contributed by atoms with E-state index in [1.54, 1.807) is 0 Å². The second kappa shape index (κ2) is 12.3. The largest absolute Gasteiger partial charge is 0.394 e. The Morgan fingerprint density at radius 3 is 1.31 bits per heavy atom. The van der Waals surface area contributed by atoms with E-state index in [-0.39, 0.29) is 0 Å². The topological polar surface area (TPSA) is 258 Å². The lowest BCUT2D eigenvalue weighted by molar-refractivity contribution is -0.378. The predicted molar refractivity (Wildman–Crippen MR) is 106 cm³/mol. The minimum atomic E-state index is -1.88. The van der Waals surface area contributed by atoms with Crippen LogP contribution in [-0.2, 0) is 28.4 Å². The van der Waals surface area contributed by atoms with Crippen molar-refractivity contribution in [3.8, 4) is 0 Å². The molecule has 16 nitrogen and oxygen atoms in total. The highest BCUT2D eigenvalue weighted by molar-refractivity contribution is 4.96. The van der Waals surface area contributed by atoms with Crippen LogP contribution in [0.4, 0.5) is 0 Å². The third-order valence-corrected chi connectivity index (χ3v) is 6.34. The standard InChI is InChI=1S/C19H34O16/c1-30-14-5(2-20)32-18(12(27)9(14)24)35-16-7(4-22)33-19(13(28)10(16)25)34-15-6(3-21)31-17(29)11(26)8(15)23/h5-29H,2-4H2,1H3/t5?,6?,7?,8-,9-,10?,11?,12?,13-,14-,15-,16+,17-,18+,19-/m1/s1. The lowest BCUT2D eigenvalue weighted by atomic mass is 9.96. The third-order valence-electron chi connectivity index (χ3n) is 6.34. The molecule has 0 aromatic carbocycles. The lowest BCUT2D eigenvalue weighted by Gasteiger charge is -2.48. The molecule has 3 saturated heterocycles. The quantitative estimate of drug-likeness (QED) is 0.143. The summed E-state index contributed by atoms with van der Waals surface area (Å²) < 4.78 is 31.8. The second-order valence-electron chi connectivity index (χ2n) is 8.54. The zero-order valence-electron chi connectivity index (χ0n) is 18.7. The SMILES string of the molecule is CO[C@@H]1C(CO)O[C@@H](O[C@H]2C(CO)O[C@H](O[C@@H]3C(CO)O[C@@H](O)C(O)[C@H]3O)[C@H](O)C2O)C(O)[C@H]1O. The highest BCUT2D eigenvalue weighted by atomic mass is 16.8. The van der Waals surface area contributed by atoms with Gasteiger partial charge >= 0.3 is 0 Å². The molecular formula is C19H34O16. The molecule has 10 N–H and O–H groups in total. The first-order chi connectivity index (χ1) is 16.6. The first-order valence-electron chi connectivity index (χ1n) is 11.0. The number of hydrogen-bond donors (Lipinski definition) is 10. The fourth-order valence-electron chi connectivity index (χ4n) is 4.33. The summed E-state index contributed by atoms with van der Waals surface area (Å²) in [5.41, 5.74) is 0. The van der Waals surface area contributed by atoms with Gasteiger partial charge in [0.2, 0.25) is 0 Å². The van der Waals surface area contributed by atoms with Gasteiger partial charge in [-0.2, -0.15) is 0 Å². The number of hydrogen-bond acceptors (Lipinski definition) is 16. The average molecular weight is 518 g/mol. The van der Waals surface area contributed by atoms with Gasteiger partial charge in [0.05, 0.1) is 19.8 Å². The van der Waals surface area contributed by atoms with Gasteiger partial charge in [0.1, 0.15) is 73.2 Å². The summed E-state index contributed by atoms with van der Waals surface area (Å²) in [6.45, 7) is -2.15. The van der Waals surface area contributed by atoms with Gasteiger partial charge in [-0.15, -0.1) is 0 Å². The van der Waals surface area contributed by atoms with Crippen LogP contribution < -0.4 is 0 Å². The van der Waals surface area contributed by atoms with Crippen molar-refractivity contribution in [2.24, 2.45) is 0 Å². The van der Waals surface area contributed by atoms with Gasteiger partial charge in [0.15, 0.2) is 18.9 Å². The van der Waals surface area contributed by atoms with Gasteiger partial charge in [-0.3, -0.25) is 0 Å². The Kier molecular flexibility index (Phi) is 10.1. The second-order valence-corrected chi connectivity index (χ2v) is 8.54. The van der Waals surface area contributed by atoms with E-state index in [2.05, 4.69) is 0 Å². The van der Waals surface area contributed by atoms with Crippen molar-refractivity contribution in [2.75, 3.05) is 26.9 Å². The van der Waals surface area contributed by atoms with Gasteiger partial charge in [-0.1, -0.05) is 0 Å². The summed E-state index contributed by atoms with van der Waals surface area (Å²) in [5.74, 6) is 0. The number of ether oxygens (including phenoxy) is 6. The maximum Gasteiger partial charge on any atom is 0.187 e. The molecule has 0 bridgehead atoms. The Morgan fingerprint density at radius 1 is 0.514 bits per heavy atom. The Balaban J connectivity index is 1.72. The van der Waals surface area contributed by atoms with Crippen LogP contribution in [0.3, 0.4) is 0 Å². The molecule has 0 aliphatic carbocycles. The third kappa shape index (κ3) is 5.78. The first-order valence-corrected chi connectivity index (χ1v) is 11.0. The molecule has 0 spiro atoms. The van der Waals surface area contributed by atoms with Crippen LogP contribution in [-0.4, -0.2) is 170 Å². The zero-order valence-corrected chi connectivity index (χ0v) is 18.7. The Hall–Kier alpha value is -0.640. The lowest BCUT2D eigenvalue weighted by Crippen LogP contribution is -2.66. The van der Waals surface area contributed by atoms with Crippen LogP contribution in [0.2, 0.25) is 0 Å². The molecule has 3 heterocycles. The molecule has 3 aliphatic rings. The van der Waals surface area contributed by atoms with Crippen molar-refractivity contribution in [3.05, 3.63) is 0 Å². The van der Waals surface area contributed by atoms with Crippen LogP contribution in [0.5, 0.6) is 0 Å². The van der Waals surface area contributed by atoms with E-state index in [9.17, 15) is 51.1 Å². The van der Waals surface area contributed by atoms with Crippen molar-refractivity contribution in [1.29, 1.82) is 0 Å². The normalized spacial score (nSPS) is 51.3. The van der Waals surface area contributed by atoms with Crippen molar-refractivity contribution in [2.45, 2.75) is 92.1 Å². The Morgan fingerprint density at radius 2 is 0.886 bits per heavy atom. The molecule has 0 saturated carbocycles. The van der Waals surface area contributed by atoms with E-state index in [0.717, 1.165) is 0 Å². The molecule has 6 unspecified atom stereocenters. The summed E-state index contributed by atoms with van der Waals surface area (Å²) in [6.07, 6.45) is -23.7. The maximum absolute atomic E-state index is 10.7. The summed E-state index contributed by atoms with van der Waals surface area (Å²) >= 11 is 0. The van der Waals surface area contributed by atoms with Gasteiger partial charge in [0.25, 0.3) is 0 Å². The summed E-state index contributed by atoms with van der Waals surface area (Å²) in [4.78, 5) is 0. The van der Waals surface area contributed by atoms with Crippen LogP contribution >= 0.6 is 0 Å². The molecule has 3 aliphatic heterocycles. The van der Waals surface area contributed by atoms with Gasteiger partial charge < -0.3 is 79.5 Å². The molecule has 16 heteroatoms. The molecule has 0 aromatic heterocycles. The predicted octanol–water partition coefficient (Wildman–Crippen LogP) is -6.92. The van der Waals surface area contributed by atoms with Crippen molar-refractivity contribution < 1.29 is 79.5 Å². The molecule has 3 fully saturated rings. The molecular weight excluding hydrogens is 484 g/mol. The maximum atomic E-state index is 10.7. The first kappa shape index (κ1) is 28.9. The van der Waals surface area contributed by atoms with E-state index in [4.69, 9.17) is 28.4 Å². The minimum absolute atomic E-state index is 0.605. The van der Waals surface area contributed by atoms with Crippen molar-refractivity contribution in [1.82, 2.24) is 0 Å². The van der Waals surface area contributed by atoms with Crippen molar-refractivity contribution in [3.63, 3.8) is 0 Å². The Bertz CT molecular complexity index is 650. The Labute approximate surface area is 199 Å². The van der Waals surface area contributed by atoms with Crippen LogP contribution in [0, 0.1) is 0 Å². The van der Waals surface area contributed by atoms with Crippen LogP contribution in [0.15, 0.2) is 0 Å². The highest BCUT2D eigenvalue weighted by Gasteiger charge is 2.53. The monoisotopic (exact) mass is 518 g/mol. The van der Waals surface area contributed by atoms with Crippen LogP contribution in [0.25, 0.3) is 0 Å². The van der Waals surface area contributed by atoms with Gasteiger partial charge in [-0.05, 0) is 0 Å². The smallest absolute Gasteiger partial charge is 0.187 e.